The third-order valence-electron chi connectivity index (χ3n) is 6.65. The Morgan fingerprint density at radius 1 is 0.914 bits per heavy atom. The number of anilines is 3. The number of ether oxygens (including phenoxy) is 1. The Morgan fingerprint density at radius 2 is 1.77 bits per heavy atom. The largest absolute Gasteiger partial charge is 0.378 e. The fraction of sp³-hybridized carbons (Fsp3) is 0.308. The van der Waals surface area contributed by atoms with Crippen molar-refractivity contribution < 1.29 is 9.53 Å². The summed E-state index contributed by atoms with van der Waals surface area (Å²) in [6, 6.07) is 11.9. The van der Waals surface area contributed by atoms with Gasteiger partial charge >= 0.3 is 0 Å². The van der Waals surface area contributed by atoms with Crippen molar-refractivity contribution in [2.75, 3.05) is 54.5 Å². The summed E-state index contributed by atoms with van der Waals surface area (Å²) >= 11 is 0. The van der Waals surface area contributed by atoms with Gasteiger partial charge in [-0.1, -0.05) is 6.07 Å². The Hall–Kier alpha value is -3.98. The van der Waals surface area contributed by atoms with E-state index in [0.29, 0.717) is 24.6 Å². The van der Waals surface area contributed by atoms with Crippen LogP contribution in [-0.4, -0.2) is 65.5 Å². The summed E-state index contributed by atoms with van der Waals surface area (Å²) in [7, 11) is 0. The van der Waals surface area contributed by atoms with E-state index in [2.05, 4.69) is 41.3 Å². The molecule has 0 radical (unpaired) electrons. The molecule has 2 N–H and O–H groups in total. The molecule has 4 aromatic rings. The molecule has 0 unspecified atom stereocenters. The number of morpholine rings is 1. The lowest BCUT2D eigenvalue weighted by molar-refractivity contribution is 0.102. The average Bonchev–Trinajstić information content (AvgIpc) is 3.60. The molecule has 0 saturated carbocycles. The number of hydrogen-bond donors (Lipinski definition) is 2. The maximum Gasteiger partial charge on any atom is 0.276 e. The van der Waals surface area contributed by atoms with Gasteiger partial charge in [-0.15, -0.1) is 0 Å². The molecule has 0 atom stereocenters. The van der Waals surface area contributed by atoms with E-state index in [0.717, 1.165) is 59.7 Å². The number of aromatic amines is 1. The number of carbonyl (C=O) groups excluding carboxylic acids is 1. The fourth-order valence-electron chi connectivity index (χ4n) is 4.73. The van der Waals surface area contributed by atoms with Gasteiger partial charge in [0.2, 0.25) is 0 Å². The van der Waals surface area contributed by atoms with Crippen molar-refractivity contribution in [2.24, 2.45) is 0 Å². The SMILES string of the molecule is O=C(Nc1ccc(N2CCOCC2)nc1)c1n[nH]c2ccc(-c3cncc(N4CCCC4)c3)cc12. The maximum absolute atomic E-state index is 13.1. The van der Waals surface area contributed by atoms with Gasteiger partial charge in [-0.05, 0) is 48.7 Å². The molecule has 2 saturated heterocycles. The second kappa shape index (κ2) is 9.34. The van der Waals surface area contributed by atoms with Crippen LogP contribution in [-0.2, 0) is 4.74 Å². The highest BCUT2D eigenvalue weighted by molar-refractivity contribution is 6.11. The molecule has 2 aliphatic heterocycles. The van der Waals surface area contributed by atoms with Crippen LogP contribution in [0.4, 0.5) is 17.2 Å². The number of fused-ring (bicyclic) bond motifs is 1. The highest BCUT2D eigenvalue weighted by atomic mass is 16.5. The highest BCUT2D eigenvalue weighted by Crippen LogP contribution is 2.29. The highest BCUT2D eigenvalue weighted by Gasteiger charge is 2.18. The zero-order chi connectivity index (χ0) is 23.6. The van der Waals surface area contributed by atoms with Crippen LogP contribution in [0.3, 0.4) is 0 Å². The number of benzene rings is 1. The van der Waals surface area contributed by atoms with Crippen molar-refractivity contribution in [3.05, 3.63) is 60.7 Å². The number of nitrogens with zero attached hydrogens (tertiary/aromatic N) is 5. The summed E-state index contributed by atoms with van der Waals surface area (Å²) < 4.78 is 5.40. The maximum atomic E-state index is 13.1. The van der Waals surface area contributed by atoms with E-state index in [9.17, 15) is 4.79 Å². The number of hydrogen-bond acceptors (Lipinski definition) is 7. The first-order valence-electron chi connectivity index (χ1n) is 12.0. The van der Waals surface area contributed by atoms with Crippen LogP contribution >= 0.6 is 0 Å². The molecule has 0 spiro atoms. The second-order valence-electron chi connectivity index (χ2n) is 8.92. The summed E-state index contributed by atoms with van der Waals surface area (Å²) in [4.78, 5) is 26.6. The molecule has 2 fully saturated rings. The van der Waals surface area contributed by atoms with Crippen molar-refractivity contribution in [1.82, 2.24) is 20.2 Å². The van der Waals surface area contributed by atoms with Crippen molar-refractivity contribution in [1.29, 1.82) is 0 Å². The summed E-state index contributed by atoms with van der Waals surface area (Å²) in [5, 5.41) is 11.0. The smallest absolute Gasteiger partial charge is 0.276 e. The molecule has 1 aromatic carbocycles. The zero-order valence-electron chi connectivity index (χ0n) is 19.4. The van der Waals surface area contributed by atoms with Crippen molar-refractivity contribution in [3.8, 4) is 11.1 Å². The minimum atomic E-state index is -0.279. The van der Waals surface area contributed by atoms with Gasteiger partial charge in [0.15, 0.2) is 5.69 Å². The molecule has 0 bridgehead atoms. The van der Waals surface area contributed by atoms with E-state index < -0.39 is 0 Å². The lowest BCUT2D eigenvalue weighted by Crippen LogP contribution is -2.36. The van der Waals surface area contributed by atoms with Crippen LogP contribution < -0.4 is 15.1 Å². The molecule has 6 rings (SSSR count). The number of aromatic nitrogens is 4. The molecule has 9 heteroatoms. The number of pyridine rings is 2. The van der Waals surface area contributed by atoms with Gasteiger partial charge in [0.05, 0.1) is 42.5 Å². The molecule has 178 valence electrons. The van der Waals surface area contributed by atoms with E-state index in [1.165, 1.54) is 12.8 Å². The Bertz CT molecular complexity index is 1340. The fourth-order valence-corrected chi connectivity index (χ4v) is 4.73. The van der Waals surface area contributed by atoms with E-state index in [4.69, 9.17) is 4.74 Å². The van der Waals surface area contributed by atoms with Gasteiger partial charge in [0, 0.05) is 43.3 Å². The van der Waals surface area contributed by atoms with E-state index in [1.54, 1.807) is 6.20 Å². The van der Waals surface area contributed by atoms with Crippen LogP contribution in [0, 0.1) is 0 Å². The first-order valence-corrected chi connectivity index (χ1v) is 12.0. The Kier molecular flexibility index (Phi) is 5.75. The Balaban J connectivity index is 1.22. The number of H-pyrrole nitrogens is 1. The molecule has 9 nitrogen and oxygen atoms in total. The quantitative estimate of drug-likeness (QED) is 0.460. The Labute approximate surface area is 203 Å². The summed E-state index contributed by atoms with van der Waals surface area (Å²) in [6.07, 6.45) is 7.90. The second-order valence-corrected chi connectivity index (χ2v) is 8.92. The third kappa shape index (κ3) is 4.42. The summed E-state index contributed by atoms with van der Waals surface area (Å²) in [6.45, 7) is 5.17. The topological polar surface area (TPSA) is 99.3 Å². The van der Waals surface area contributed by atoms with Gasteiger partial charge in [-0.3, -0.25) is 14.9 Å². The molecule has 2 aliphatic rings. The van der Waals surface area contributed by atoms with Crippen LogP contribution in [0.15, 0.2) is 55.0 Å². The van der Waals surface area contributed by atoms with Gasteiger partial charge in [-0.25, -0.2) is 4.98 Å². The molecule has 3 aromatic heterocycles. The minimum Gasteiger partial charge on any atom is -0.378 e. The molecule has 1 amide bonds. The zero-order valence-corrected chi connectivity index (χ0v) is 19.4. The van der Waals surface area contributed by atoms with E-state index >= 15 is 0 Å². The molecule has 5 heterocycles. The average molecular weight is 470 g/mol. The van der Waals surface area contributed by atoms with E-state index in [1.807, 2.05) is 42.7 Å². The number of nitrogens with one attached hydrogen (secondary N) is 2. The number of carbonyl (C=O) groups is 1. The minimum absolute atomic E-state index is 0.279. The van der Waals surface area contributed by atoms with Crippen molar-refractivity contribution in [3.63, 3.8) is 0 Å². The van der Waals surface area contributed by atoms with Gasteiger partial charge in [0.25, 0.3) is 5.91 Å². The molecule has 0 aliphatic carbocycles. The number of amides is 1. The van der Waals surface area contributed by atoms with Gasteiger partial charge in [-0.2, -0.15) is 5.10 Å². The van der Waals surface area contributed by atoms with Crippen LogP contribution in [0.25, 0.3) is 22.0 Å². The lowest BCUT2D eigenvalue weighted by Gasteiger charge is -2.27. The summed E-state index contributed by atoms with van der Waals surface area (Å²) in [5.41, 5.74) is 4.94. The first-order chi connectivity index (χ1) is 17.2. The normalized spacial score (nSPS) is 16.1. The van der Waals surface area contributed by atoms with Gasteiger partial charge < -0.3 is 19.9 Å². The number of rotatable bonds is 5. The van der Waals surface area contributed by atoms with Crippen molar-refractivity contribution in [2.45, 2.75) is 12.8 Å². The monoisotopic (exact) mass is 469 g/mol. The van der Waals surface area contributed by atoms with Crippen LogP contribution in [0.1, 0.15) is 23.3 Å². The third-order valence-corrected chi connectivity index (χ3v) is 6.65. The molecular weight excluding hydrogens is 442 g/mol. The standard InChI is InChI=1S/C26H27N7O2/c34-26(29-20-4-6-24(28-16-20)33-9-11-35-12-10-33)25-22-14-18(3-5-23(22)30-31-25)19-13-21(17-27-15-19)32-7-1-2-8-32/h3-6,13-17H,1-2,7-12H2,(H,29,34)(H,30,31). The van der Waals surface area contributed by atoms with Gasteiger partial charge in [0.1, 0.15) is 5.82 Å². The van der Waals surface area contributed by atoms with E-state index in [-0.39, 0.29) is 5.91 Å². The molecular formula is C26H27N7O2. The predicted octanol–water partition coefficient (Wildman–Crippen LogP) is 3.71. The first kappa shape index (κ1) is 21.5. The van der Waals surface area contributed by atoms with Crippen molar-refractivity contribution >= 4 is 34.0 Å². The lowest BCUT2D eigenvalue weighted by atomic mass is 10.0. The van der Waals surface area contributed by atoms with Crippen LogP contribution in [0.5, 0.6) is 0 Å². The predicted molar refractivity (Wildman–Crippen MR) is 136 cm³/mol. The van der Waals surface area contributed by atoms with Crippen LogP contribution in [0.2, 0.25) is 0 Å². The summed E-state index contributed by atoms with van der Waals surface area (Å²) in [5.74, 6) is 0.601. The Morgan fingerprint density at radius 3 is 2.57 bits per heavy atom. The molecule has 35 heavy (non-hydrogen) atoms.